The van der Waals surface area contributed by atoms with Gasteiger partial charge in [-0.25, -0.2) is 4.98 Å². The molecule has 2 heterocycles. The highest BCUT2D eigenvalue weighted by Gasteiger charge is 2.30. The van der Waals surface area contributed by atoms with Gasteiger partial charge < -0.3 is 10.6 Å². The van der Waals surface area contributed by atoms with Gasteiger partial charge in [-0.05, 0) is 55.7 Å². The molecular formula is C22H21F3N4O2. The van der Waals surface area contributed by atoms with Crippen molar-refractivity contribution >= 4 is 23.3 Å². The number of pyridine rings is 1. The molecule has 0 atom stereocenters. The molecule has 3 aromatic rings. The van der Waals surface area contributed by atoms with Crippen molar-refractivity contribution in [2.75, 3.05) is 5.32 Å². The van der Waals surface area contributed by atoms with Gasteiger partial charge in [0, 0.05) is 17.8 Å². The topological polar surface area (TPSA) is 75.5 Å². The first-order valence-electron chi connectivity index (χ1n) is 10.0. The molecule has 9 heteroatoms. The van der Waals surface area contributed by atoms with Gasteiger partial charge in [-0.3, -0.25) is 14.0 Å². The van der Waals surface area contributed by atoms with Gasteiger partial charge in [0.2, 0.25) is 0 Å². The standard InChI is InChI=1S/C22H21F3N4O2/c1-13-6-11-17-27-19(18(29(17)12-13)21(31)26-16-4-2-3-5-16)28-20(30)14-7-9-15(10-8-14)22(23,24)25/h6-12,16H,2-5H2,1H3,(H,26,31)(H,28,30). The molecule has 6 nitrogen and oxygen atoms in total. The van der Waals surface area contributed by atoms with Gasteiger partial charge in [-0.2, -0.15) is 13.2 Å². The number of nitrogens with zero attached hydrogens (tertiary/aromatic N) is 2. The van der Waals surface area contributed by atoms with Crippen molar-refractivity contribution in [3.8, 4) is 0 Å². The van der Waals surface area contributed by atoms with Gasteiger partial charge in [0.1, 0.15) is 5.65 Å². The van der Waals surface area contributed by atoms with Crippen LogP contribution in [0, 0.1) is 6.92 Å². The molecule has 0 aliphatic heterocycles. The fourth-order valence-electron chi connectivity index (χ4n) is 3.77. The molecular weight excluding hydrogens is 409 g/mol. The van der Waals surface area contributed by atoms with Gasteiger partial charge in [0.05, 0.1) is 5.56 Å². The average molecular weight is 430 g/mol. The molecule has 1 aliphatic carbocycles. The molecule has 0 radical (unpaired) electrons. The molecule has 1 aromatic carbocycles. The predicted molar refractivity (Wildman–Crippen MR) is 109 cm³/mol. The quantitative estimate of drug-likeness (QED) is 0.636. The Morgan fingerprint density at radius 2 is 1.71 bits per heavy atom. The first-order valence-corrected chi connectivity index (χ1v) is 10.0. The number of hydrogen-bond acceptors (Lipinski definition) is 3. The predicted octanol–water partition coefficient (Wildman–Crippen LogP) is 4.59. The summed E-state index contributed by atoms with van der Waals surface area (Å²) in [7, 11) is 0. The molecule has 1 fully saturated rings. The lowest BCUT2D eigenvalue weighted by atomic mass is 10.1. The molecule has 2 N–H and O–H groups in total. The number of imidazole rings is 1. The van der Waals surface area contributed by atoms with Crippen LogP contribution < -0.4 is 10.6 Å². The van der Waals surface area contributed by atoms with Crippen LogP contribution in [0.5, 0.6) is 0 Å². The Bertz CT molecular complexity index is 1130. The number of alkyl halides is 3. The van der Waals surface area contributed by atoms with Crippen LogP contribution in [0.15, 0.2) is 42.6 Å². The van der Waals surface area contributed by atoms with E-state index in [2.05, 4.69) is 15.6 Å². The zero-order valence-electron chi connectivity index (χ0n) is 16.8. The molecule has 162 valence electrons. The number of nitrogens with one attached hydrogen (secondary N) is 2. The number of halogens is 3. The fraction of sp³-hybridized carbons (Fsp3) is 0.318. The number of fused-ring (bicyclic) bond motifs is 1. The zero-order chi connectivity index (χ0) is 22.2. The van der Waals surface area contributed by atoms with Crippen molar-refractivity contribution in [3.05, 3.63) is 65.0 Å². The van der Waals surface area contributed by atoms with Crippen LogP contribution in [0.25, 0.3) is 5.65 Å². The number of benzene rings is 1. The third-order valence-corrected chi connectivity index (χ3v) is 5.38. The van der Waals surface area contributed by atoms with Crippen molar-refractivity contribution in [1.82, 2.24) is 14.7 Å². The molecule has 2 amide bonds. The summed E-state index contributed by atoms with van der Waals surface area (Å²) < 4.78 is 39.9. The minimum absolute atomic E-state index is 0.0309. The minimum atomic E-state index is -4.49. The Labute approximate surface area is 176 Å². The van der Waals surface area contributed by atoms with Crippen LogP contribution in [0.4, 0.5) is 19.0 Å². The monoisotopic (exact) mass is 430 g/mol. The highest BCUT2D eigenvalue weighted by atomic mass is 19.4. The number of aromatic nitrogens is 2. The van der Waals surface area contributed by atoms with Crippen molar-refractivity contribution in [2.45, 2.75) is 44.8 Å². The highest BCUT2D eigenvalue weighted by Crippen LogP contribution is 2.29. The lowest BCUT2D eigenvalue weighted by molar-refractivity contribution is -0.137. The Morgan fingerprint density at radius 1 is 1.03 bits per heavy atom. The molecule has 4 rings (SSSR count). The zero-order valence-corrected chi connectivity index (χ0v) is 16.8. The second-order valence-corrected chi connectivity index (χ2v) is 7.73. The Balaban J connectivity index is 1.64. The van der Waals surface area contributed by atoms with Gasteiger partial charge >= 0.3 is 6.18 Å². The van der Waals surface area contributed by atoms with Crippen LogP contribution in [0.2, 0.25) is 0 Å². The second-order valence-electron chi connectivity index (χ2n) is 7.73. The number of aryl methyl sites for hydroxylation is 1. The summed E-state index contributed by atoms with van der Waals surface area (Å²) in [5.74, 6) is -0.942. The summed E-state index contributed by atoms with van der Waals surface area (Å²) in [5, 5.41) is 5.58. The van der Waals surface area contributed by atoms with Crippen LogP contribution in [-0.4, -0.2) is 27.2 Å². The second kappa shape index (κ2) is 8.05. The maximum Gasteiger partial charge on any atom is 0.416 e. The van der Waals surface area contributed by atoms with Crippen molar-refractivity contribution in [1.29, 1.82) is 0 Å². The molecule has 1 aliphatic rings. The minimum Gasteiger partial charge on any atom is -0.348 e. The van der Waals surface area contributed by atoms with E-state index in [0.29, 0.717) is 5.65 Å². The van der Waals surface area contributed by atoms with Gasteiger partial charge in [0.15, 0.2) is 11.5 Å². The lowest BCUT2D eigenvalue weighted by Crippen LogP contribution is -2.34. The highest BCUT2D eigenvalue weighted by molar-refractivity contribution is 6.08. The van der Waals surface area contributed by atoms with Crippen molar-refractivity contribution in [2.24, 2.45) is 0 Å². The summed E-state index contributed by atoms with van der Waals surface area (Å²) in [5.41, 5.74) is 0.753. The van der Waals surface area contributed by atoms with Crippen LogP contribution in [-0.2, 0) is 6.18 Å². The number of amides is 2. The molecule has 0 unspecified atom stereocenters. The molecule has 2 aromatic heterocycles. The van der Waals surface area contributed by atoms with Crippen molar-refractivity contribution in [3.63, 3.8) is 0 Å². The van der Waals surface area contributed by atoms with E-state index >= 15 is 0 Å². The number of carbonyl (C=O) groups excluding carboxylic acids is 2. The molecule has 0 spiro atoms. The Morgan fingerprint density at radius 3 is 2.35 bits per heavy atom. The smallest absolute Gasteiger partial charge is 0.348 e. The summed E-state index contributed by atoms with van der Waals surface area (Å²) >= 11 is 0. The molecule has 0 saturated heterocycles. The number of rotatable bonds is 4. The van der Waals surface area contributed by atoms with Gasteiger partial charge in [-0.1, -0.05) is 18.9 Å². The molecule has 31 heavy (non-hydrogen) atoms. The first kappa shape index (κ1) is 20.9. The average Bonchev–Trinajstić information content (AvgIpc) is 3.34. The number of carbonyl (C=O) groups is 2. The van der Waals surface area contributed by atoms with Gasteiger partial charge in [-0.15, -0.1) is 0 Å². The lowest BCUT2D eigenvalue weighted by Gasteiger charge is -2.13. The van der Waals surface area contributed by atoms with Crippen LogP contribution >= 0.6 is 0 Å². The summed E-state index contributed by atoms with van der Waals surface area (Å²) in [6, 6.07) is 7.51. The number of hydrogen-bond donors (Lipinski definition) is 2. The summed E-state index contributed by atoms with van der Waals surface area (Å²) in [6.07, 6.45) is 1.16. The molecule has 0 bridgehead atoms. The Hall–Kier alpha value is -3.36. The van der Waals surface area contributed by atoms with E-state index in [1.54, 1.807) is 16.7 Å². The van der Waals surface area contributed by atoms with E-state index in [0.717, 1.165) is 55.5 Å². The van der Waals surface area contributed by atoms with Crippen molar-refractivity contribution < 1.29 is 22.8 Å². The first-order chi connectivity index (χ1) is 14.7. The van der Waals surface area contributed by atoms with E-state index in [4.69, 9.17) is 0 Å². The largest absolute Gasteiger partial charge is 0.416 e. The SMILES string of the molecule is Cc1ccc2nc(NC(=O)c3ccc(C(F)(F)F)cc3)c(C(=O)NC3CCCC3)n2c1. The maximum atomic E-state index is 13.0. The third kappa shape index (κ3) is 4.40. The fourth-order valence-corrected chi connectivity index (χ4v) is 3.77. The summed E-state index contributed by atoms with van der Waals surface area (Å²) in [6.45, 7) is 1.87. The summed E-state index contributed by atoms with van der Waals surface area (Å²) in [4.78, 5) is 30.1. The van der Waals surface area contributed by atoms with E-state index in [1.165, 1.54) is 0 Å². The number of anilines is 1. The van der Waals surface area contributed by atoms with E-state index in [1.807, 2.05) is 13.0 Å². The maximum absolute atomic E-state index is 13.0. The van der Waals surface area contributed by atoms with E-state index < -0.39 is 17.6 Å². The normalized spacial score (nSPS) is 14.7. The van der Waals surface area contributed by atoms with Crippen LogP contribution in [0.1, 0.15) is 57.7 Å². The Kier molecular flexibility index (Phi) is 5.43. The van der Waals surface area contributed by atoms with Gasteiger partial charge in [0.25, 0.3) is 11.8 Å². The molecule has 1 saturated carbocycles. The van der Waals surface area contributed by atoms with E-state index in [9.17, 15) is 22.8 Å². The van der Waals surface area contributed by atoms with Crippen LogP contribution in [0.3, 0.4) is 0 Å². The third-order valence-electron chi connectivity index (χ3n) is 5.38. The van der Waals surface area contributed by atoms with E-state index in [-0.39, 0.29) is 29.0 Å².